The molecule has 8 heteroatoms. The summed E-state index contributed by atoms with van der Waals surface area (Å²) in [5, 5.41) is 8.85. The molecule has 2 heterocycles. The van der Waals surface area contributed by atoms with Gasteiger partial charge >= 0.3 is 0 Å². The zero-order valence-corrected chi connectivity index (χ0v) is 18.7. The van der Waals surface area contributed by atoms with Gasteiger partial charge in [-0.3, -0.25) is 4.79 Å². The van der Waals surface area contributed by atoms with Gasteiger partial charge in [-0.05, 0) is 68.7 Å². The molecule has 7 nitrogen and oxygen atoms in total. The molecule has 2 atom stereocenters. The molecule has 1 aliphatic carbocycles. The van der Waals surface area contributed by atoms with Crippen LogP contribution >= 0.6 is 11.8 Å². The van der Waals surface area contributed by atoms with Gasteiger partial charge < -0.3 is 15.5 Å². The van der Waals surface area contributed by atoms with Gasteiger partial charge in [-0.15, -0.1) is 10.2 Å². The topological polar surface area (TPSA) is 86.3 Å². The Balaban J connectivity index is 1.33. The lowest BCUT2D eigenvalue weighted by molar-refractivity contribution is -0.134. The number of likely N-dealkylation sites (tertiary alicyclic amines) is 1. The van der Waals surface area contributed by atoms with Crippen LogP contribution in [0, 0.1) is 19.8 Å². The van der Waals surface area contributed by atoms with Crippen molar-refractivity contribution in [1.82, 2.24) is 19.8 Å². The number of ether oxygens (including phenoxy) is 1. The third kappa shape index (κ3) is 4.74. The molecule has 1 saturated heterocycles. The van der Waals surface area contributed by atoms with E-state index >= 15 is 0 Å². The molecule has 1 amide bonds. The first-order chi connectivity index (χ1) is 14.5. The van der Waals surface area contributed by atoms with E-state index in [-0.39, 0.29) is 12.5 Å². The number of hydrogen-bond donors (Lipinski definition) is 1. The van der Waals surface area contributed by atoms with Crippen LogP contribution in [0.5, 0.6) is 5.75 Å². The number of carbonyl (C=O) groups excluding carboxylic acids is 1. The molecule has 2 unspecified atom stereocenters. The summed E-state index contributed by atoms with van der Waals surface area (Å²) in [6, 6.07) is 6.49. The number of fused-ring (bicyclic) bond motifs is 1. The second kappa shape index (κ2) is 9.29. The number of thioether (sulfide) groups is 1. The Hall–Kier alpha value is -2.22. The van der Waals surface area contributed by atoms with Gasteiger partial charge in [-0.1, -0.05) is 30.7 Å². The van der Waals surface area contributed by atoms with Crippen LogP contribution in [-0.4, -0.2) is 44.0 Å². The first kappa shape index (κ1) is 21.0. The molecule has 2 N–H and O–H groups in total. The predicted octanol–water partition coefficient (Wildman–Crippen LogP) is 3.46. The third-order valence-corrected chi connectivity index (χ3v) is 7.11. The largest absolute Gasteiger partial charge is 0.486 e. The number of aromatic nitrogens is 3. The Labute approximate surface area is 182 Å². The lowest BCUT2D eigenvalue weighted by Gasteiger charge is -2.44. The minimum absolute atomic E-state index is 0.188. The molecule has 2 fully saturated rings. The summed E-state index contributed by atoms with van der Waals surface area (Å²) in [5.74, 6) is 8.70. The van der Waals surface area contributed by atoms with Crippen LogP contribution in [0.25, 0.3) is 0 Å². The van der Waals surface area contributed by atoms with Crippen LogP contribution in [0.1, 0.15) is 55.5 Å². The van der Waals surface area contributed by atoms with Crippen molar-refractivity contribution in [2.75, 3.05) is 18.1 Å². The lowest BCUT2D eigenvalue weighted by Crippen LogP contribution is -2.50. The SMILES string of the molecule is Cc1cc(C)cc(OCc2nnc(SCC(=O)N3CCCC4CCCCC43)n2N)c1. The molecule has 2 aliphatic rings. The second-order valence-electron chi connectivity index (χ2n) is 8.51. The Morgan fingerprint density at radius 3 is 2.67 bits per heavy atom. The number of amides is 1. The van der Waals surface area contributed by atoms with Crippen molar-refractivity contribution in [3.05, 3.63) is 35.2 Å². The summed E-state index contributed by atoms with van der Waals surface area (Å²) in [5.41, 5.74) is 2.29. The van der Waals surface area contributed by atoms with E-state index in [2.05, 4.69) is 21.2 Å². The molecule has 0 spiro atoms. The fourth-order valence-corrected chi connectivity index (χ4v) is 5.57. The molecule has 4 rings (SSSR count). The van der Waals surface area contributed by atoms with Gasteiger partial charge in [0.05, 0.1) is 5.75 Å². The Morgan fingerprint density at radius 2 is 1.87 bits per heavy atom. The predicted molar refractivity (Wildman–Crippen MR) is 118 cm³/mol. The van der Waals surface area contributed by atoms with Gasteiger partial charge in [0, 0.05) is 12.6 Å². The summed E-state index contributed by atoms with van der Waals surface area (Å²) in [6.45, 7) is 5.19. The van der Waals surface area contributed by atoms with Gasteiger partial charge in [0.25, 0.3) is 0 Å². The minimum atomic E-state index is 0.188. The first-order valence-electron chi connectivity index (χ1n) is 10.8. The van der Waals surface area contributed by atoms with Crippen molar-refractivity contribution in [2.24, 2.45) is 5.92 Å². The van der Waals surface area contributed by atoms with Crippen molar-refractivity contribution >= 4 is 17.7 Å². The number of piperidine rings is 1. The van der Waals surface area contributed by atoms with Gasteiger partial charge in [0.15, 0.2) is 5.82 Å². The van der Waals surface area contributed by atoms with Crippen molar-refractivity contribution in [1.29, 1.82) is 0 Å². The van der Waals surface area contributed by atoms with E-state index in [1.165, 1.54) is 42.1 Å². The third-order valence-electron chi connectivity index (χ3n) is 6.19. The van der Waals surface area contributed by atoms with E-state index in [9.17, 15) is 4.79 Å². The number of carbonyl (C=O) groups is 1. The van der Waals surface area contributed by atoms with Gasteiger partial charge in [-0.2, -0.15) is 0 Å². The van der Waals surface area contributed by atoms with E-state index < -0.39 is 0 Å². The van der Waals surface area contributed by atoms with Crippen molar-refractivity contribution in [3.63, 3.8) is 0 Å². The summed E-state index contributed by atoms with van der Waals surface area (Å²) in [4.78, 5) is 15.0. The number of nitrogens with zero attached hydrogens (tertiary/aromatic N) is 4. The van der Waals surface area contributed by atoms with E-state index in [0.29, 0.717) is 28.7 Å². The number of rotatable bonds is 6. The highest BCUT2D eigenvalue weighted by molar-refractivity contribution is 7.99. The molecule has 1 aromatic carbocycles. The van der Waals surface area contributed by atoms with E-state index in [1.54, 1.807) is 0 Å². The number of aryl methyl sites for hydroxylation is 2. The van der Waals surface area contributed by atoms with Gasteiger partial charge in [0.1, 0.15) is 12.4 Å². The molecule has 1 aliphatic heterocycles. The molecule has 0 radical (unpaired) electrons. The fourth-order valence-electron chi connectivity index (χ4n) is 4.81. The maximum absolute atomic E-state index is 12.9. The van der Waals surface area contributed by atoms with E-state index in [1.807, 2.05) is 26.0 Å². The smallest absolute Gasteiger partial charge is 0.233 e. The summed E-state index contributed by atoms with van der Waals surface area (Å²) in [7, 11) is 0. The maximum Gasteiger partial charge on any atom is 0.233 e. The Kier molecular flexibility index (Phi) is 6.51. The molecule has 1 saturated carbocycles. The molecule has 30 heavy (non-hydrogen) atoms. The normalized spacial score (nSPS) is 21.3. The van der Waals surface area contributed by atoms with Crippen LogP contribution < -0.4 is 10.6 Å². The standard InChI is InChI=1S/C22H31N5O2S/c1-15-10-16(2)12-18(11-15)29-13-20-24-25-22(27(20)23)30-14-21(28)26-9-5-7-17-6-3-4-8-19(17)26/h10-12,17,19H,3-9,13-14,23H2,1-2H3. The molecule has 2 aromatic rings. The minimum Gasteiger partial charge on any atom is -0.486 e. The van der Waals surface area contributed by atoms with Crippen LogP contribution in [0.3, 0.4) is 0 Å². The van der Waals surface area contributed by atoms with Gasteiger partial charge in [-0.25, -0.2) is 4.68 Å². The van der Waals surface area contributed by atoms with Crippen LogP contribution in [0.2, 0.25) is 0 Å². The highest BCUT2D eigenvalue weighted by atomic mass is 32.2. The quantitative estimate of drug-likeness (QED) is 0.559. The van der Waals surface area contributed by atoms with Crippen molar-refractivity contribution in [2.45, 2.75) is 70.2 Å². The van der Waals surface area contributed by atoms with E-state index in [0.717, 1.165) is 36.3 Å². The summed E-state index contributed by atoms with van der Waals surface area (Å²) in [6.07, 6.45) is 7.34. The average molecular weight is 430 g/mol. The molecule has 1 aromatic heterocycles. The zero-order valence-electron chi connectivity index (χ0n) is 17.8. The van der Waals surface area contributed by atoms with Crippen molar-refractivity contribution < 1.29 is 9.53 Å². The first-order valence-corrected chi connectivity index (χ1v) is 11.8. The Bertz CT molecular complexity index is 877. The van der Waals surface area contributed by atoms with E-state index in [4.69, 9.17) is 10.6 Å². The maximum atomic E-state index is 12.9. The van der Waals surface area contributed by atoms with Gasteiger partial charge in [0.2, 0.25) is 11.1 Å². The van der Waals surface area contributed by atoms with Crippen LogP contribution in [-0.2, 0) is 11.4 Å². The number of nitrogens with two attached hydrogens (primary N) is 1. The summed E-state index contributed by atoms with van der Waals surface area (Å²) < 4.78 is 7.27. The Morgan fingerprint density at radius 1 is 1.13 bits per heavy atom. The molecular weight excluding hydrogens is 398 g/mol. The zero-order chi connectivity index (χ0) is 21.1. The van der Waals surface area contributed by atoms with Crippen LogP contribution in [0.4, 0.5) is 0 Å². The molecule has 162 valence electrons. The summed E-state index contributed by atoms with van der Waals surface area (Å²) >= 11 is 1.35. The highest BCUT2D eigenvalue weighted by Crippen LogP contribution is 2.35. The molecule has 0 bridgehead atoms. The number of benzene rings is 1. The number of nitrogen functional groups attached to an aromatic ring is 1. The average Bonchev–Trinajstić information content (AvgIpc) is 3.09. The van der Waals surface area contributed by atoms with Crippen LogP contribution in [0.15, 0.2) is 23.4 Å². The number of hydrogen-bond acceptors (Lipinski definition) is 6. The fraction of sp³-hybridized carbons (Fsp3) is 0.591. The highest BCUT2D eigenvalue weighted by Gasteiger charge is 2.35. The van der Waals surface area contributed by atoms with Crippen molar-refractivity contribution in [3.8, 4) is 5.75 Å². The monoisotopic (exact) mass is 429 g/mol. The second-order valence-corrected chi connectivity index (χ2v) is 9.45. The lowest BCUT2D eigenvalue weighted by atomic mass is 9.78. The molecular formula is C22H31N5O2S.